The summed E-state index contributed by atoms with van der Waals surface area (Å²) in [7, 11) is 1.57. The van der Waals surface area contributed by atoms with Gasteiger partial charge in [0.1, 0.15) is 0 Å². The van der Waals surface area contributed by atoms with E-state index in [-0.39, 0.29) is 6.61 Å². The Labute approximate surface area is 152 Å². The standard InChI is InChI=1S/C19H24N2O3S/c1-14-3-6-16(7-4-14)25-10-9-21-12-15-5-8-17(18(11-15)23-2)24-13-19(20)22/h3-8,11,21H,9-10,12-13H2,1-2H3,(H2,20,22). The highest BCUT2D eigenvalue weighted by molar-refractivity contribution is 7.99. The average molecular weight is 360 g/mol. The molecule has 3 N–H and O–H groups in total. The van der Waals surface area contributed by atoms with Gasteiger partial charge < -0.3 is 20.5 Å². The van der Waals surface area contributed by atoms with Crippen molar-refractivity contribution in [1.82, 2.24) is 5.32 Å². The van der Waals surface area contributed by atoms with Crippen molar-refractivity contribution in [1.29, 1.82) is 0 Å². The molecule has 0 heterocycles. The predicted octanol–water partition coefficient (Wildman–Crippen LogP) is 2.75. The molecule has 0 saturated carbocycles. The van der Waals surface area contributed by atoms with Crippen LogP contribution in [-0.2, 0) is 11.3 Å². The van der Waals surface area contributed by atoms with Crippen LogP contribution in [0.25, 0.3) is 0 Å². The van der Waals surface area contributed by atoms with Crippen molar-refractivity contribution in [2.45, 2.75) is 18.4 Å². The molecule has 134 valence electrons. The minimum atomic E-state index is -0.515. The largest absolute Gasteiger partial charge is 0.493 e. The van der Waals surface area contributed by atoms with Gasteiger partial charge in [-0.15, -0.1) is 11.8 Å². The molecular weight excluding hydrogens is 336 g/mol. The second-order valence-electron chi connectivity index (χ2n) is 5.58. The molecule has 0 aromatic heterocycles. The first-order valence-electron chi connectivity index (χ1n) is 8.06. The van der Waals surface area contributed by atoms with Gasteiger partial charge in [-0.1, -0.05) is 23.8 Å². The number of carbonyl (C=O) groups is 1. The smallest absolute Gasteiger partial charge is 0.255 e. The molecule has 2 aromatic rings. The number of nitrogens with one attached hydrogen (secondary N) is 1. The summed E-state index contributed by atoms with van der Waals surface area (Å²) >= 11 is 1.83. The van der Waals surface area contributed by atoms with Crippen LogP contribution in [0.5, 0.6) is 11.5 Å². The summed E-state index contributed by atoms with van der Waals surface area (Å²) in [6, 6.07) is 14.2. The number of ether oxygens (including phenoxy) is 2. The summed E-state index contributed by atoms with van der Waals surface area (Å²) in [5.41, 5.74) is 7.45. The molecular formula is C19H24N2O3S. The van der Waals surface area contributed by atoms with Gasteiger partial charge in [-0.25, -0.2) is 0 Å². The maximum atomic E-state index is 10.8. The number of rotatable bonds is 10. The van der Waals surface area contributed by atoms with Crippen LogP contribution in [-0.4, -0.2) is 31.9 Å². The third-order valence-electron chi connectivity index (χ3n) is 3.50. The van der Waals surface area contributed by atoms with E-state index < -0.39 is 5.91 Å². The van der Waals surface area contributed by atoms with Gasteiger partial charge in [0.2, 0.25) is 0 Å². The van der Waals surface area contributed by atoms with Crippen LogP contribution < -0.4 is 20.5 Å². The van der Waals surface area contributed by atoms with Crippen LogP contribution in [0, 0.1) is 6.92 Å². The maximum absolute atomic E-state index is 10.8. The first kappa shape index (κ1) is 19.1. The lowest BCUT2D eigenvalue weighted by Gasteiger charge is -2.11. The molecule has 0 atom stereocenters. The highest BCUT2D eigenvalue weighted by Crippen LogP contribution is 2.28. The molecule has 0 aliphatic rings. The van der Waals surface area contributed by atoms with Gasteiger partial charge in [-0.05, 0) is 36.8 Å². The Morgan fingerprint density at radius 1 is 1.16 bits per heavy atom. The minimum absolute atomic E-state index is 0.163. The van der Waals surface area contributed by atoms with Crippen molar-refractivity contribution in [3.63, 3.8) is 0 Å². The Hall–Kier alpha value is -2.18. The molecule has 5 nitrogen and oxygen atoms in total. The van der Waals surface area contributed by atoms with Crippen molar-refractivity contribution in [2.75, 3.05) is 26.0 Å². The summed E-state index contributed by atoms with van der Waals surface area (Å²) in [6.45, 7) is 3.57. The second kappa shape index (κ2) is 9.96. The molecule has 0 spiro atoms. The van der Waals surface area contributed by atoms with Gasteiger partial charge in [0.05, 0.1) is 7.11 Å². The van der Waals surface area contributed by atoms with E-state index in [0.717, 1.165) is 24.4 Å². The Morgan fingerprint density at radius 3 is 2.60 bits per heavy atom. The van der Waals surface area contributed by atoms with Crippen molar-refractivity contribution < 1.29 is 14.3 Å². The van der Waals surface area contributed by atoms with Crippen LogP contribution in [0.3, 0.4) is 0 Å². The highest BCUT2D eigenvalue weighted by atomic mass is 32.2. The molecule has 0 fully saturated rings. The van der Waals surface area contributed by atoms with E-state index in [1.54, 1.807) is 13.2 Å². The van der Waals surface area contributed by atoms with E-state index in [9.17, 15) is 4.79 Å². The lowest BCUT2D eigenvalue weighted by Crippen LogP contribution is -2.20. The Morgan fingerprint density at radius 2 is 1.92 bits per heavy atom. The van der Waals surface area contributed by atoms with Crippen molar-refractivity contribution >= 4 is 17.7 Å². The SMILES string of the molecule is COc1cc(CNCCSc2ccc(C)cc2)ccc1OCC(N)=O. The molecule has 0 aliphatic carbocycles. The number of hydrogen-bond donors (Lipinski definition) is 2. The first-order chi connectivity index (χ1) is 12.1. The summed E-state index contributed by atoms with van der Waals surface area (Å²) in [5.74, 6) is 1.59. The number of methoxy groups -OCH3 is 1. The number of thioether (sulfide) groups is 1. The van der Waals surface area contributed by atoms with Gasteiger partial charge >= 0.3 is 0 Å². The molecule has 0 bridgehead atoms. The lowest BCUT2D eigenvalue weighted by atomic mass is 10.2. The molecule has 2 rings (SSSR count). The molecule has 2 aromatic carbocycles. The molecule has 0 saturated heterocycles. The van der Waals surface area contributed by atoms with Crippen LogP contribution in [0.15, 0.2) is 47.4 Å². The maximum Gasteiger partial charge on any atom is 0.255 e. The van der Waals surface area contributed by atoms with E-state index in [0.29, 0.717) is 11.5 Å². The van der Waals surface area contributed by atoms with E-state index in [4.69, 9.17) is 15.2 Å². The van der Waals surface area contributed by atoms with Crippen molar-refractivity contribution in [3.8, 4) is 11.5 Å². The van der Waals surface area contributed by atoms with Gasteiger partial charge in [-0.3, -0.25) is 4.79 Å². The monoisotopic (exact) mass is 360 g/mol. The molecule has 6 heteroatoms. The third-order valence-corrected chi connectivity index (χ3v) is 4.51. The Balaban J connectivity index is 1.76. The Kier molecular flexibility index (Phi) is 7.63. The van der Waals surface area contributed by atoms with E-state index >= 15 is 0 Å². The van der Waals surface area contributed by atoms with E-state index in [1.165, 1.54) is 10.5 Å². The second-order valence-corrected chi connectivity index (χ2v) is 6.75. The third kappa shape index (κ3) is 6.68. The predicted molar refractivity (Wildman–Crippen MR) is 101 cm³/mol. The number of benzene rings is 2. The first-order valence-corrected chi connectivity index (χ1v) is 9.05. The van der Waals surface area contributed by atoms with Gasteiger partial charge in [0, 0.05) is 23.7 Å². The fourth-order valence-corrected chi connectivity index (χ4v) is 3.01. The molecule has 0 radical (unpaired) electrons. The Bertz CT molecular complexity index is 690. The molecule has 1 amide bonds. The minimum Gasteiger partial charge on any atom is -0.493 e. The normalized spacial score (nSPS) is 10.5. The van der Waals surface area contributed by atoms with Crippen molar-refractivity contribution in [3.05, 3.63) is 53.6 Å². The topological polar surface area (TPSA) is 73.6 Å². The van der Waals surface area contributed by atoms with E-state index in [1.807, 2.05) is 23.9 Å². The molecule has 0 unspecified atom stereocenters. The summed E-state index contributed by atoms with van der Waals surface area (Å²) < 4.78 is 10.6. The van der Waals surface area contributed by atoms with Gasteiger partial charge in [0.15, 0.2) is 18.1 Å². The van der Waals surface area contributed by atoms with E-state index in [2.05, 4.69) is 36.5 Å². The van der Waals surface area contributed by atoms with Crippen LogP contribution in [0.2, 0.25) is 0 Å². The number of aryl methyl sites for hydroxylation is 1. The fraction of sp³-hybridized carbons (Fsp3) is 0.316. The van der Waals surface area contributed by atoms with Gasteiger partial charge in [-0.2, -0.15) is 0 Å². The fourth-order valence-electron chi connectivity index (χ4n) is 2.20. The number of hydrogen-bond acceptors (Lipinski definition) is 5. The highest BCUT2D eigenvalue weighted by Gasteiger charge is 2.07. The zero-order valence-corrected chi connectivity index (χ0v) is 15.4. The van der Waals surface area contributed by atoms with Crippen LogP contribution >= 0.6 is 11.8 Å². The van der Waals surface area contributed by atoms with Crippen molar-refractivity contribution in [2.24, 2.45) is 5.73 Å². The van der Waals surface area contributed by atoms with Gasteiger partial charge in [0.25, 0.3) is 5.91 Å². The number of carbonyl (C=O) groups excluding carboxylic acids is 1. The lowest BCUT2D eigenvalue weighted by molar-refractivity contribution is -0.119. The number of amides is 1. The molecule has 25 heavy (non-hydrogen) atoms. The number of primary amides is 1. The summed E-state index contributed by atoms with van der Waals surface area (Å²) in [6.07, 6.45) is 0. The zero-order valence-electron chi connectivity index (χ0n) is 14.6. The quantitative estimate of drug-likeness (QED) is 0.503. The summed E-state index contributed by atoms with van der Waals surface area (Å²) in [4.78, 5) is 12.1. The zero-order chi connectivity index (χ0) is 18.1. The molecule has 0 aliphatic heterocycles. The summed E-state index contributed by atoms with van der Waals surface area (Å²) in [5, 5.41) is 3.41. The average Bonchev–Trinajstić information content (AvgIpc) is 2.61. The number of nitrogens with two attached hydrogens (primary N) is 1. The van der Waals surface area contributed by atoms with Crippen LogP contribution in [0.4, 0.5) is 0 Å². The van der Waals surface area contributed by atoms with Crippen LogP contribution in [0.1, 0.15) is 11.1 Å².